The van der Waals surface area contributed by atoms with Gasteiger partial charge in [-0.15, -0.1) is 11.3 Å². The SMILES string of the molecule is O=C(Nc1cc2c(s1)S(=O)(=O)N([C@@H](C(=O)O)c1ccccc1)C2)c1cccc(C(=O)c2ccccc2)c1. The minimum atomic E-state index is -4.09. The normalized spacial score (nSPS) is 15.0. The van der Waals surface area contributed by atoms with E-state index in [1.807, 2.05) is 6.07 Å². The summed E-state index contributed by atoms with van der Waals surface area (Å²) in [5.41, 5.74) is 1.86. The highest BCUT2D eigenvalue weighted by molar-refractivity contribution is 7.91. The first kappa shape index (κ1) is 24.6. The molecule has 1 aromatic heterocycles. The average Bonchev–Trinajstić information content (AvgIpc) is 3.41. The van der Waals surface area contributed by atoms with Crippen molar-refractivity contribution in [1.82, 2.24) is 4.31 Å². The van der Waals surface area contributed by atoms with Gasteiger partial charge in [-0.25, -0.2) is 8.42 Å². The molecule has 3 aromatic carbocycles. The van der Waals surface area contributed by atoms with Crippen molar-refractivity contribution in [2.45, 2.75) is 16.8 Å². The van der Waals surface area contributed by atoms with Crippen LogP contribution >= 0.6 is 11.3 Å². The van der Waals surface area contributed by atoms with Crippen molar-refractivity contribution in [3.63, 3.8) is 0 Å². The van der Waals surface area contributed by atoms with Crippen molar-refractivity contribution in [2.24, 2.45) is 0 Å². The van der Waals surface area contributed by atoms with Crippen LogP contribution in [0, 0.1) is 0 Å². The second-order valence-electron chi connectivity index (χ2n) is 8.36. The van der Waals surface area contributed by atoms with E-state index in [4.69, 9.17) is 0 Å². The van der Waals surface area contributed by atoms with Crippen LogP contribution < -0.4 is 5.32 Å². The van der Waals surface area contributed by atoms with Crippen LogP contribution in [0.3, 0.4) is 0 Å². The molecular weight excluding hydrogens is 512 g/mol. The lowest BCUT2D eigenvalue weighted by molar-refractivity contribution is -0.141. The fourth-order valence-corrected chi connectivity index (χ4v) is 7.44. The molecule has 4 aromatic rings. The van der Waals surface area contributed by atoms with Gasteiger partial charge in [0.1, 0.15) is 10.3 Å². The Bertz CT molecular complexity index is 1620. The molecule has 8 nitrogen and oxygen atoms in total. The molecule has 10 heteroatoms. The second kappa shape index (κ2) is 9.74. The molecule has 1 atom stereocenters. The molecule has 0 saturated carbocycles. The molecule has 0 radical (unpaired) electrons. The monoisotopic (exact) mass is 532 g/mol. The van der Waals surface area contributed by atoms with Crippen LogP contribution in [0.4, 0.5) is 5.00 Å². The zero-order valence-corrected chi connectivity index (χ0v) is 20.8. The van der Waals surface area contributed by atoms with Crippen LogP contribution in [0.2, 0.25) is 0 Å². The second-order valence-corrected chi connectivity index (χ2v) is 11.5. The number of rotatable bonds is 7. The van der Waals surface area contributed by atoms with E-state index in [9.17, 15) is 27.9 Å². The molecule has 0 spiro atoms. The summed E-state index contributed by atoms with van der Waals surface area (Å²) in [6.07, 6.45) is 0. The lowest BCUT2D eigenvalue weighted by Crippen LogP contribution is -2.34. The van der Waals surface area contributed by atoms with Crippen LogP contribution in [-0.2, 0) is 21.4 Å². The smallest absolute Gasteiger partial charge is 0.326 e. The molecule has 5 rings (SSSR count). The molecule has 0 fully saturated rings. The summed E-state index contributed by atoms with van der Waals surface area (Å²) in [6.45, 7) is -0.128. The fraction of sp³-hybridized carbons (Fsp3) is 0.0741. The Kier molecular flexibility index (Phi) is 6.46. The van der Waals surface area contributed by atoms with E-state index >= 15 is 0 Å². The number of carboxylic acid groups (broad SMARTS) is 1. The Morgan fingerprint density at radius 3 is 2.11 bits per heavy atom. The number of benzene rings is 3. The number of nitrogens with zero attached hydrogens (tertiary/aromatic N) is 1. The lowest BCUT2D eigenvalue weighted by Gasteiger charge is -2.23. The van der Waals surface area contributed by atoms with Crippen molar-refractivity contribution in [3.05, 3.63) is 119 Å². The van der Waals surface area contributed by atoms with Gasteiger partial charge in [0.25, 0.3) is 15.9 Å². The predicted octanol–water partition coefficient (Wildman–Crippen LogP) is 4.56. The summed E-state index contributed by atoms with van der Waals surface area (Å²) >= 11 is 0.866. The molecule has 37 heavy (non-hydrogen) atoms. The number of hydrogen-bond acceptors (Lipinski definition) is 6. The first-order valence-electron chi connectivity index (χ1n) is 11.2. The number of carbonyl (C=O) groups is 3. The molecule has 0 unspecified atom stereocenters. The summed E-state index contributed by atoms with van der Waals surface area (Å²) in [7, 11) is -4.09. The zero-order valence-electron chi connectivity index (χ0n) is 19.2. The van der Waals surface area contributed by atoms with E-state index in [2.05, 4.69) is 5.32 Å². The van der Waals surface area contributed by atoms with Gasteiger partial charge in [0, 0.05) is 28.8 Å². The standard InChI is InChI=1S/C27H20N2O6S2/c30-24(18-10-5-2-6-11-18)19-12-7-13-20(14-19)25(31)28-22-15-21-16-29(37(34,35)27(21)36-22)23(26(32)33)17-8-3-1-4-9-17/h1-15,23H,16H2,(H,28,31)(H,32,33)/t23-/m1/s1. The van der Waals surface area contributed by atoms with Crippen LogP contribution in [0.1, 0.15) is 43.4 Å². The van der Waals surface area contributed by atoms with Crippen molar-refractivity contribution >= 4 is 44.0 Å². The van der Waals surface area contributed by atoms with Gasteiger partial charge in [-0.2, -0.15) is 4.31 Å². The van der Waals surface area contributed by atoms with Gasteiger partial charge >= 0.3 is 5.97 Å². The minimum Gasteiger partial charge on any atom is -0.480 e. The van der Waals surface area contributed by atoms with Gasteiger partial charge < -0.3 is 10.4 Å². The van der Waals surface area contributed by atoms with Gasteiger partial charge in [-0.1, -0.05) is 72.8 Å². The molecule has 1 aliphatic heterocycles. The van der Waals surface area contributed by atoms with Gasteiger partial charge in [-0.3, -0.25) is 14.4 Å². The van der Waals surface area contributed by atoms with E-state index in [1.165, 1.54) is 6.07 Å². The number of sulfonamides is 1. The number of thiophene rings is 1. The predicted molar refractivity (Wildman–Crippen MR) is 138 cm³/mol. The average molecular weight is 533 g/mol. The number of anilines is 1. The zero-order chi connectivity index (χ0) is 26.2. The van der Waals surface area contributed by atoms with Crippen molar-refractivity contribution < 1.29 is 27.9 Å². The lowest BCUT2D eigenvalue weighted by atomic mass is 10.0. The van der Waals surface area contributed by atoms with Crippen LogP contribution in [-0.4, -0.2) is 35.5 Å². The first-order chi connectivity index (χ1) is 17.8. The van der Waals surface area contributed by atoms with Crippen LogP contribution in [0.5, 0.6) is 0 Å². The Morgan fingerprint density at radius 1 is 0.838 bits per heavy atom. The Labute approximate surface area is 216 Å². The van der Waals surface area contributed by atoms with E-state index in [-0.39, 0.29) is 22.1 Å². The summed E-state index contributed by atoms with van der Waals surface area (Å²) < 4.78 is 27.5. The van der Waals surface area contributed by atoms with Gasteiger partial charge in [0.05, 0.1) is 5.00 Å². The van der Waals surface area contributed by atoms with E-state index in [0.29, 0.717) is 27.3 Å². The largest absolute Gasteiger partial charge is 0.480 e. The summed E-state index contributed by atoms with van der Waals surface area (Å²) in [5.74, 6) is -1.99. The molecular formula is C27H20N2O6S2. The van der Waals surface area contributed by atoms with Crippen LogP contribution in [0.25, 0.3) is 0 Å². The number of amides is 1. The Hall–Kier alpha value is -4.12. The third-order valence-electron chi connectivity index (χ3n) is 5.94. The number of nitrogens with one attached hydrogen (secondary N) is 1. The Morgan fingerprint density at radius 2 is 1.46 bits per heavy atom. The highest BCUT2D eigenvalue weighted by Crippen LogP contribution is 2.43. The van der Waals surface area contributed by atoms with E-state index < -0.39 is 27.9 Å². The summed E-state index contributed by atoms with van der Waals surface area (Å²) in [5, 5.41) is 12.8. The molecule has 0 bridgehead atoms. The fourth-order valence-electron chi connectivity index (χ4n) is 4.20. The van der Waals surface area contributed by atoms with Gasteiger partial charge in [0.15, 0.2) is 5.78 Å². The molecule has 2 heterocycles. The summed E-state index contributed by atoms with van der Waals surface area (Å²) in [4.78, 5) is 37.6. The molecule has 1 aliphatic rings. The molecule has 2 N–H and O–H groups in total. The highest BCUT2D eigenvalue weighted by atomic mass is 32.2. The number of carboxylic acids is 1. The maximum atomic E-state index is 13.2. The molecule has 0 aliphatic carbocycles. The number of hydrogen-bond donors (Lipinski definition) is 2. The number of fused-ring (bicyclic) bond motifs is 1. The number of carbonyl (C=O) groups excluding carboxylic acids is 2. The topological polar surface area (TPSA) is 121 Å². The van der Waals surface area contributed by atoms with Gasteiger partial charge in [0.2, 0.25) is 0 Å². The maximum absolute atomic E-state index is 13.2. The molecule has 186 valence electrons. The number of ketones is 1. The third-order valence-corrected chi connectivity index (χ3v) is 9.39. The minimum absolute atomic E-state index is 0.00186. The van der Waals surface area contributed by atoms with Crippen molar-refractivity contribution in [2.75, 3.05) is 5.32 Å². The maximum Gasteiger partial charge on any atom is 0.326 e. The summed E-state index contributed by atoms with van der Waals surface area (Å²) in [6, 6.07) is 23.3. The third kappa shape index (κ3) is 4.69. The molecule has 1 amide bonds. The quantitative estimate of drug-likeness (QED) is 0.337. The van der Waals surface area contributed by atoms with E-state index in [0.717, 1.165) is 15.6 Å². The van der Waals surface area contributed by atoms with E-state index in [1.54, 1.807) is 78.9 Å². The number of aliphatic carboxylic acids is 1. The van der Waals surface area contributed by atoms with Crippen molar-refractivity contribution in [3.8, 4) is 0 Å². The van der Waals surface area contributed by atoms with Crippen molar-refractivity contribution in [1.29, 1.82) is 0 Å². The Balaban J connectivity index is 1.36. The van der Waals surface area contributed by atoms with Crippen LogP contribution in [0.15, 0.2) is 95.2 Å². The first-order valence-corrected chi connectivity index (χ1v) is 13.4. The highest BCUT2D eigenvalue weighted by Gasteiger charge is 2.44. The van der Waals surface area contributed by atoms with Gasteiger partial charge in [-0.05, 0) is 23.8 Å². The molecule has 0 saturated heterocycles.